The Balaban J connectivity index is 1.60. The van der Waals surface area contributed by atoms with E-state index >= 15 is 0 Å². The Morgan fingerprint density at radius 1 is 1.03 bits per heavy atom. The summed E-state index contributed by atoms with van der Waals surface area (Å²) in [6.45, 7) is 3.20. The lowest BCUT2D eigenvalue weighted by Gasteiger charge is -2.17. The SMILES string of the molecule is COCc1cc(-c2nc(-c3ccc(CN(C)CC(O)O)cc3Cl)no2)ccc1-c1ccccc1C. The molecule has 2 N–H and O–H groups in total. The first kappa shape index (κ1) is 25.0. The minimum absolute atomic E-state index is 0.140. The van der Waals surface area contributed by atoms with Crippen LogP contribution in [0.4, 0.5) is 0 Å². The first-order valence-corrected chi connectivity index (χ1v) is 11.6. The number of nitrogens with zero attached hydrogens (tertiary/aromatic N) is 3. The Morgan fingerprint density at radius 2 is 1.80 bits per heavy atom. The van der Waals surface area contributed by atoms with Gasteiger partial charge in [-0.15, -0.1) is 0 Å². The molecule has 3 aromatic carbocycles. The molecule has 0 aliphatic carbocycles. The molecule has 0 amide bonds. The minimum Gasteiger partial charge on any atom is -0.380 e. The molecule has 182 valence electrons. The fourth-order valence-electron chi connectivity index (χ4n) is 4.08. The summed E-state index contributed by atoms with van der Waals surface area (Å²) in [5.41, 5.74) is 6.86. The second-order valence-corrected chi connectivity index (χ2v) is 8.94. The van der Waals surface area contributed by atoms with E-state index in [9.17, 15) is 0 Å². The van der Waals surface area contributed by atoms with E-state index in [2.05, 4.69) is 35.3 Å². The number of aliphatic hydroxyl groups is 2. The van der Waals surface area contributed by atoms with Gasteiger partial charge in [0.25, 0.3) is 5.89 Å². The maximum Gasteiger partial charge on any atom is 0.258 e. The lowest BCUT2D eigenvalue weighted by molar-refractivity contribution is -0.0584. The van der Waals surface area contributed by atoms with Gasteiger partial charge < -0.3 is 19.5 Å². The second-order valence-electron chi connectivity index (χ2n) is 8.53. The molecule has 1 heterocycles. The number of aryl methyl sites for hydroxylation is 1. The molecule has 7 nitrogen and oxygen atoms in total. The molecule has 0 fully saturated rings. The minimum atomic E-state index is -1.39. The third kappa shape index (κ3) is 5.96. The number of halogens is 1. The fraction of sp³-hybridized carbons (Fsp3) is 0.259. The quantitative estimate of drug-likeness (QED) is 0.320. The number of methoxy groups -OCH3 is 1. The van der Waals surface area contributed by atoms with Gasteiger partial charge in [0.2, 0.25) is 5.82 Å². The second kappa shape index (κ2) is 11.1. The van der Waals surface area contributed by atoms with Crippen LogP contribution in [-0.2, 0) is 17.9 Å². The number of rotatable bonds is 9. The predicted octanol–water partition coefficient (Wildman–Crippen LogP) is 4.92. The first-order valence-electron chi connectivity index (χ1n) is 11.2. The number of likely N-dealkylation sites (N-methyl/N-ethyl adjacent to an activating group) is 1. The lowest BCUT2D eigenvalue weighted by atomic mass is 9.94. The summed E-state index contributed by atoms with van der Waals surface area (Å²) in [6.07, 6.45) is -1.39. The highest BCUT2D eigenvalue weighted by atomic mass is 35.5. The highest BCUT2D eigenvalue weighted by Crippen LogP contribution is 2.33. The van der Waals surface area contributed by atoms with Crippen LogP contribution in [0.3, 0.4) is 0 Å². The molecule has 8 heteroatoms. The maximum atomic E-state index is 9.13. The van der Waals surface area contributed by atoms with E-state index in [1.54, 1.807) is 19.1 Å². The summed E-state index contributed by atoms with van der Waals surface area (Å²) in [5, 5.41) is 22.9. The van der Waals surface area contributed by atoms with Gasteiger partial charge in [-0.05, 0) is 66.1 Å². The van der Waals surface area contributed by atoms with Gasteiger partial charge >= 0.3 is 0 Å². The zero-order chi connectivity index (χ0) is 24.9. The zero-order valence-electron chi connectivity index (χ0n) is 19.9. The Bertz CT molecular complexity index is 1310. The van der Waals surface area contributed by atoms with Crippen LogP contribution in [0.2, 0.25) is 5.02 Å². The molecule has 4 rings (SSSR count). The van der Waals surface area contributed by atoms with Crippen molar-refractivity contribution in [1.29, 1.82) is 0 Å². The first-order chi connectivity index (χ1) is 16.9. The molecular weight excluding hydrogens is 466 g/mol. The Morgan fingerprint density at radius 3 is 2.51 bits per heavy atom. The van der Waals surface area contributed by atoms with Crippen molar-refractivity contribution in [1.82, 2.24) is 15.0 Å². The van der Waals surface area contributed by atoms with Crippen molar-refractivity contribution in [3.05, 3.63) is 82.4 Å². The summed E-state index contributed by atoms with van der Waals surface area (Å²) in [5.74, 6) is 0.789. The number of hydrogen-bond donors (Lipinski definition) is 2. The Labute approximate surface area is 209 Å². The molecule has 0 saturated heterocycles. The normalized spacial score (nSPS) is 11.5. The van der Waals surface area contributed by atoms with Gasteiger partial charge in [-0.3, -0.25) is 4.90 Å². The van der Waals surface area contributed by atoms with Crippen LogP contribution in [0.5, 0.6) is 0 Å². The average molecular weight is 494 g/mol. The zero-order valence-corrected chi connectivity index (χ0v) is 20.7. The van der Waals surface area contributed by atoms with Gasteiger partial charge in [0, 0.05) is 31.3 Å². The van der Waals surface area contributed by atoms with Crippen molar-refractivity contribution >= 4 is 11.6 Å². The molecule has 4 aromatic rings. The van der Waals surface area contributed by atoms with E-state index in [0.29, 0.717) is 35.5 Å². The van der Waals surface area contributed by atoms with Gasteiger partial charge in [-0.25, -0.2) is 0 Å². The Kier molecular flexibility index (Phi) is 7.95. The van der Waals surface area contributed by atoms with Gasteiger partial charge in [-0.2, -0.15) is 4.98 Å². The van der Waals surface area contributed by atoms with Crippen LogP contribution >= 0.6 is 11.6 Å². The molecule has 0 aliphatic heterocycles. The van der Waals surface area contributed by atoms with E-state index in [1.807, 2.05) is 42.5 Å². The number of aromatic nitrogens is 2. The van der Waals surface area contributed by atoms with E-state index in [0.717, 1.165) is 27.8 Å². The molecule has 0 unspecified atom stereocenters. The smallest absolute Gasteiger partial charge is 0.258 e. The molecule has 0 spiro atoms. The molecule has 1 aromatic heterocycles. The molecule has 35 heavy (non-hydrogen) atoms. The standard InChI is InChI=1S/C27H28ClN3O4/c1-17-6-4-5-7-21(17)22-11-9-19(13-20(22)16-34-3)27-29-26(30-35-27)23-10-8-18(12-24(23)28)14-31(2)15-25(32)33/h4-13,25,32-33H,14-16H2,1-3H3. The summed E-state index contributed by atoms with van der Waals surface area (Å²) >= 11 is 6.52. The number of ether oxygens (including phenoxy) is 1. The van der Waals surface area contributed by atoms with Crippen molar-refractivity contribution < 1.29 is 19.5 Å². The lowest BCUT2D eigenvalue weighted by Crippen LogP contribution is -2.28. The number of hydrogen-bond acceptors (Lipinski definition) is 7. The van der Waals surface area contributed by atoms with E-state index in [4.69, 9.17) is 31.1 Å². The van der Waals surface area contributed by atoms with Crippen LogP contribution in [0, 0.1) is 6.92 Å². The number of benzene rings is 3. The summed E-state index contributed by atoms with van der Waals surface area (Å²) in [6, 6.07) is 19.8. The molecule has 0 saturated carbocycles. The van der Waals surface area contributed by atoms with Gasteiger partial charge in [0.1, 0.15) is 0 Å². The van der Waals surface area contributed by atoms with Crippen LogP contribution < -0.4 is 0 Å². The van der Waals surface area contributed by atoms with Gasteiger partial charge in [0.15, 0.2) is 6.29 Å². The molecule has 0 radical (unpaired) electrons. The summed E-state index contributed by atoms with van der Waals surface area (Å²) < 4.78 is 11.0. The molecule has 0 atom stereocenters. The summed E-state index contributed by atoms with van der Waals surface area (Å²) in [4.78, 5) is 6.38. The van der Waals surface area contributed by atoms with Crippen molar-refractivity contribution in [2.24, 2.45) is 0 Å². The molecule has 0 aliphatic rings. The van der Waals surface area contributed by atoms with Crippen molar-refractivity contribution in [2.45, 2.75) is 26.4 Å². The average Bonchev–Trinajstić information content (AvgIpc) is 3.29. The van der Waals surface area contributed by atoms with E-state index < -0.39 is 6.29 Å². The maximum absolute atomic E-state index is 9.13. The topological polar surface area (TPSA) is 91.9 Å². The molecule has 0 bridgehead atoms. The number of aliphatic hydroxyl groups excluding tert-OH is 1. The van der Waals surface area contributed by atoms with Gasteiger partial charge in [-0.1, -0.05) is 53.2 Å². The van der Waals surface area contributed by atoms with Crippen LogP contribution in [0.1, 0.15) is 16.7 Å². The third-order valence-corrected chi connectivity index (χ3v) is 6.03. The van der Waals surface area contributed by atoms with E-state index in [1.165, 1.54) is 5.56 Å². The van der Waals surface area contributed by atoms with Crippen LogP contribution in [-0.4, -0.2) is 52.2 Å². The molecular formula is C27H28ClN3O4. The highest BCUT2D eigenvalue weighted by Gasteiger charge is 2.16. The van der Waals surface area contributed by atoms with Crippen molar-refractivity contribution in [3.63, 3.8) is 0 Å². The summed E-state index contributed by atoms with van der Waals surface area (Å²) in [7, 11) is 3.48. The predicted molar refractivity (Wildman–Crippen MR) is 136 cm³/mol. The largest absolute Gasteiger partial charge is 0.380 e. The van der Waals surface area contributed by atoms with Crippen LogP contribution in [0.25, 0.3) is 34.0 Å². The van der Waals surface area contributed by atoms with Gasteiger partial charge in [0.05, 0.1) is 11.6 Å². The van der Waals surface area contributed by atoms with Crippen molar-refractivity contribution in [2.75, 3.05) is 20.7 Å². The van der Waals surface area contributed by atoms with Crippen LogP contribution in [0.15, 0.2) is 65.2 Å². The third-order valence-electron chi connectivity index (χ3n) is 5.72. The fourth-order valence-corrected chi connectivity index (χ4v) is 4.37. The highest BCUT2D eigenvalue weighted by molar-refractivity contribution is 6.33. The van der Waals surface area contributed by atoms with Crippen molar-refractivity contribution in [3.8, 4) is 34.0 Å². The van der Waals surface area contributed by atoms with E-state index in [-0.39, 0.29) is 6.54 Å². The monoisotopic (exact) mass is 493 g/mol. The Hall–Kier alpha value is -3.07.